The molecule has 21 heavy (non-hydrogen) atoms. The lowest BCUT2D eigenvalue weighted by atomic mass is 9.70. The molecule has 2 N–H and O–H groups in total. The van der Waals surface area contributed by atoms with E-state index in [0.29, 0.717) is 16.9 Å². The number of hydrogen-bond acceptors (Lipinski definition) is 2. The lowest BCUT2D eigenvalue weighted by molar-refractivity contribution is 0.0301. The molecule has 0 heterocycles. The van der Waals surface area contributed by atoms with Crippen LogP contribution in [0.2, 0.25) is 0 Å². The second kappa shape index (κ2) is 4.99. The Bertz CT molecular complexity index is 554. The highest BCUT2D eigenvalue weighted by atomic mass is 79.9. The highest BCUT2D eigenvalue weighted by Crippen LogP contribution is 2.66. The SMILES string of the molecule is CC(N)c1ccc(OC2CC3CCC2(C)C3(C)C)cc1Br. The van der Waals surface area contributed by atoms with Gasteiger partial charge in [0.05, 0.1) is 0 Å². The molecule has 3 heteroatoms. The summed E-state index contributed by atoms with van der Waals surface area (Å²) in [7, 11) is 0. The summed E-state index contributed by atoms with van der Waals surface area (Å²) in [5.74, 6) is 1.76. The van der Waals surface area contributed by atoms with E-state index in [4.69, 9.17) is 10.5 Å². The molecule has 4 atom stereocenters. The zero-order chi connectivity index (χ0) is 15.4. The number of fused-ring (bicyclic) bond motifs is 2. The highest BCUT2D eigenvalue weighted by Gasteiger charge is 2.62. The van der Waals surface area contributed by atoms with E-state index in [1.165, 1.54) is 19.3 Å². The molecule has 0 aliphatic heterocycles. The van der Waals surface area contributed by atoms with Crippen LogP contribution in [0.4, 0.5) is 0 Å². The van der Waals surface area contributed by atoms with Gasteiger partial charge in [0.1, 0.15) is 11.9 Å². The largest absolute Gasteiger partial charge is 0.490 e. The topological polar surface area (TPSA) is 35.2 Å². The van der Waals surface area contributed by atoms with Crippen LogP contribution >= 0.6 is 15.9 Å². The minimum absolute atomic E-state index is 0.0346. The maximum Gasteiger partial charge on any atom is 0.120 e. The predicted octanol–water partition coefficient (Wildman–Crippen LogP) is 5.06. The molecule has 2 aliphatic rings. The van der Waals surface area contributed by atoms with Gasteiger partial charge in [0.25, 0.3) is 0 Å². The number of benzene rings is 1. The number of halogens is 1. The highest BCUT2D eigenvalue weighted by molar-refractivity contribution is 9.10. The van der Waals surface area contributed by atoms with Crippen LogP contribution in [0.25, 0.3) is 0 Å². The van der Waals surface area contributed by atoms with Crippen LogP contribution in [0, 0.1) is 16.7 Å². The summed E-state index contributed by atoms with van der Waals surface area (Å²) in [5.41, 5.74) is 7.78. The second-order valence-electron chi connectivity index (χ2n) is 7.69. The van der Waals surface area contributed by atoms with Gasteiger partial charge in [-0.3, -0.25) is 0 Å². The maximum absolute atomic E-state index is 6.39. The fourth-order valence-electron chi connectivity index (χ4n) is 4.42. The molecule has 2 fully saturated rings. The van der Waals surface area contributed by atoms with E-state index in [-0.39, 0.29) is 6.04 Å². The molecule has 2 aliphatic carbocycles. The van der Waals surface area contributed by atoms with E-state index in [0.717, 1.165) is 21.7 Å². The third-order valence-electron chi connectivity index (χ3n) is 6.45. The summed E-state index contributed by atoms with van der Waals surface area (Å²) in [6.07, 6.45) is 4.17. The van der Waals surface area contributed by atoms with Crippen molar-refractivity contribution in [3.05, 3.63) is 28.2 Å². The first-order chi connectivity index (χ1) is 9.75. The van der Waals surface area contributed by atoms with Crippen molar-refractivity contribution >= 4 is 15.9 Å². The Hall–Kier alpha value is -0.540. The van der Waals surface area contributed by atoms with E-state index in [1.54, 1.807) is 0 Å². The van der Waals surface area contributed by atoms with Crippen molar-refractivity contribution in [1.82, 2.24) is 0 Å². The molecule has 2 nitrogen and oxygen atoms in total. The molecule has 1 aromatic carbocycles. The van der Waals surface area contributed by atoms with Gasteiger partial charge < -0.3 is 10.5 Å². The second-order valence-corrected chi connectivity index (χ2v) is 8.54. The maximum atomic E-state index is 6.39. The molecular weight excluding hydrogens is 326 g/mol. The predicted molar refractivity (Wildman–Crippen MR) is 90.4 cm³/mol. The number of ether oxygens (including phenoxy) is 1. The molecule has 0 radical (unpaired) electrons. The molecule has 0 spiro atoms. The summed E-state index contributed by atoms with van der Waals surface area (Å²) >= 11 is 3.61. The monoisotopic (exact) mass is 351 g/mol. The Morgan fingerprint density at radius 1 is 1.33 bits per heavy atom. The number of nitrogens with two attached hydrogens (primary N) is 1. The van der Waals surface area contributed by atoms with Crippen molar-refractivity contribution in [2.45, 2.75) is 59.1 Å². The van der Waals surface area contributed by atoms with Crippen molar-refractivity contribution in [3.8, 4) is 5.75 Å². The third kappa shape index (κ3) is 2.24. The van der Waals surface area contributed by atoms with Gasteiger partial charge in [-0.05, 0) is 55.2 Å². The normalized spacial score (nSPS) is 35.0. The van der Waals surface area contributed by atoms with Gasteiger partial charge in [-0.25, -0.2) is 0 Å². The molecular formula is C18H26BrNO. The summed E-state index contributed by atoms with van der Waals surface area (Å²) in [6, 6.07) is 6.24. The molecule has 0 saturated heterocycles. The van der Waals surface area contributed by atoms with Crippen molar-refractivity contribution < 1.29 is 4.74 Å². The van der Waals surface area contributed by atoms with E-state index >= 15 is 0 Å². The Kier molecular flexibility index (Phi) is 3.65. The van der Waals surface area contributed by atoms with E-state index in [1.807, 2.05) is 6.92 Å². The lowest BCUT2D eigenvalue weighted by Crippen LogP contribution is -2.38. The van der Waals surface area contributed by atoms with Crippen molar-refractivity contribution in [3.63, 3.8) is 0 Å². The average molecular weight is 352 g/mol. The Morgan fingerprint density at radius 2 is 2.05 bits per heavy atom. The summed E-state index contributed by atoms with van der Waals surface area (Å²) in [6.45, 7) is 9.25. The molecule has 2 saturated carbocycles. The fourth-order valence-corrected chi connectivity index (χ4v) is 5.14. The van der Waals surface area contributed by atoms with Gasteiger partial charge >= 0.3 is 0 Å². The molecule has 3 rings (SSSR count). The molecule has 1 aromatic rings. The quantitative estimate of drug-likeness (QED) is 0.825. The van der Waals surface area contributed by atoms with Crippen LogP contribution in [0.15, 0.2) is 22.7 Å². The van der Waals surface area contributed by atoms with Gasteiger partial charge in [-0.15, -0.1) is 0 Å². The fraction of sp³-hybridized carbons (Fsp3) is 0.667. The van der Waals surface area contributed by atoms with Crippen LogP contribution < -0.4 is 10.5 Å². The van der Waals surface area contributed by atoms with Gasteiger partial charge in [0.15, 0.2) is 0 Å². The van der Waals surface area contributed by atoms with Crippen LogP contribution in [0.3, 0.4) is 0 Å². The lowest BCUT2D eigenvalue weighted by Gasteiger charge is -2.39. The third-order valence-corrected chi connectivity index (χ3v) is 7.14. The van der Waals surface area contributed by atoms with Gasteiger partial charge in [0.2, 0.25) is 0 Å². The summed E-state index contributed by atoms with van der Waals surface area (Å²) in [5, 5.41) is 0. The number of rotatable bonds is 3. The first kappa shape index (κ1) is 15.4. The van der Waals surface area contributed by atoms with Crippen LogP contribution in [-0.2, 0) is 0 Å². The van der Waals surface area contributed by atoms with Gasteiger partial charge in [0, 0.05) is 15.9 Å². The van der Waals surface area contributed by atoms with Gasteiger partial charge in [-0.2, -0.15) is 0 Å². The Labute approximate surface area is 136 Å². The van der Waals surface area contributed by atoms with Crippen molar-refractivity contribution in [2.75, 3.05) is 0 Å². The first-order valence-corrected chi connectivity index (χ1v) is 8.76. The zero-order valence-electron chi connectivity index (χ0n) is 13.4. The Balaban J connectivity index is 1.81. The Morgan fingerprint density at radius 3 is 2.52 bits per heavy atom. The first-order valence-electron chi connectivity index (χ1n) is 7.97. The van der Waals surface area contributed by atoms with Crippen LogP contribution in [-0.4, -0.2) is 6.10 Å². The minimum atomic E-state index is 0.0346. The molecule has 116 valence electrons. The number of hydrogen-bond donors (Lipinski definition) is 1. The molecule has 4 unspecified atom stereocenters. The molecule has 0 aromatic heterocycles. The summed E-state index contributed by atoms with van der Waals surface area (Å²) < 4.78 is 7.44. The standard InChI is InChI=1S/C18H26BrNO/c1-11(20)14-6-5-13(10-15(14)19)21-16-9-12-7-8-18(16,4)17(12,2)3/h5-6,10-12,16H,7-9,20H2,1-4H3. The van der Waals surface area contributed by atoms with E-state index in [9.17, 15) is 0 Å². The van der Waals surface area contributed by atoms with Gasteiger partial charge in [-0.1, -0.05) is 42.8 Å². The van der Waals surface area contributed by atoms with Crippen molar-refractivity contribution in [2.24, 2.45) is 22.5 Å². The van der Waals surface area contributed by atoms with E-state index < -0.39 is 0 Å². The van der Waals surface area contributed by atoms with Crippen molar-refractivity contribution in [1.29, 1.82) is 0 Å². The minimum Gasteiger partial charge on any atom is -0.490 e. The molecule has 2 bridgehead atoms. The van der Waals surface area contributed by atoms with E-state index in [2.05, 4.69) is 54.9 Å². The smallest absolute Gasteiger partial charge is 0.120 e. The van der Waals surface area contributed by atoms with Crippen LogP contribution in [0.5, 0.6) is 5.75 Å². The zero-order valence-corrected chi connectivity index (χ0v) is 15.0. The molecule has 0 amide bonds. The summed E-state index contributed by atoms with van der Waals surface area (Å²) in [4.78, 5) is 0. The van der Waals surface area contributed by atoms with Crippen LogP contribution in [0.1, 0.15) is 58.6 Å². The average Bonchev–Trinajstić information content (AvgIpc) is 2.71.